The minimum absolute atomic E-state index is 0.338. The summed E-state index contributed by atoms with van der Waals surface area (Å²) in [5.74, 6) is 1.60. The fraction of sp³-hybridized carbons (Fsp3) is 0.533. The summed E-state index contributed by atoms with van der Waals surface area (Å²) in [6.45, 7) is 2.90. The Kier molecular flexibility index (Phi) is 6.44. The third-order valence-corrected chi connectivity index (χ3v) is 2.97. The Morgan fingerprint density at radius 3 is 2.56 bits per heavy atom. The second-order valence-corrected chi connectivity index (χ2v) is 4.75. The average molecular weight is 249 g/mol. The molecule has 0 aromatic heterocycles. The van der Waals surface area contributed by atoms with E-state index in [4.69, 9.17) is 4.74 Å². The minimum atomic E-state index is 0.338. The van der Waals surface area contributed by atoms with Gasteiger partial charge in [-0.2, -0.15) is 0 Å². The topological polar surface area (TPSA) is 38.3 Å². The van der Waals surface area contributed by atoms with Gasteiger partial charge in [0.15, 0.2) is 0 Å². The highest BCUT2D eigenvalue weighted by Gasteiger charge is 2.09. The van der Waals surface area contributed by atoms with Gasteiger partial charge in [0, 0.05) is 19.4 Å². The predicted molar refractivity (Wildman–Crippen MR) is 74.0 cm³/mol. The lowest BCUT2D eigenvalue weighted by Gasteiger charge is -2.11. The second kappa shape index (κ2) is 7.88. The highest BCUT2D eigenvalue weighted by molar-refractivity contribution is 5.78. The first-order chi connectivity index (χ1) is 8.65. The first-order valence-corrected chi connectivity index (χ1v) is 6.45. The molecule has 0 aliphatic heterocycles. The van der Waals surface area contributed by atoms with Crippen LogP contribution in [-0.4, -0.2) is 26.5 Å². The molecule has 0 aliphatic rings. The van der Waals surface area contributed by atoms with Gasteiger partial charge in [0.2, 0.25) is 0 Å². The summed E-state index contributed by atoms with van der Waals surface area (Å²) < 4.78 is 5.12. The van der Waals surface area contributed by atoms with Crippen molar-refractivity contribution in [1.82, 2.24) is 5.32 Å². The van der Waals surface area contributed by atoms with E-state index in [2.05, 4.69) is 24.4 Å². The highest BCUT2D eigenvalue weighted by Crippen LogP contribution is 2.16. The lowest BCUT2D eigenvalue weighted by atomic mass is 9.95. The van der Waals surface area contributed by atoms with Crippen LogP contribution in [0.5, 0.6) is 5.75 Å². The molecule has 0 heterocycles. The summed E-state index contributed by atoms with van der Waals surface area (Å²) in [7, 11) is 3.53. The first kappa shape index (κ1) is 14.7. The largest absolute Gasteiger partial charge is 0.497 e. The Bertz CT molecular complexity index is 359. The van der Waals surface area contributed by atoms with E-state index in [0.717, 1.165) is 18.7 Å². The van der Waals surface area contributed by atoms with E-state index in [9.17, 15) is 4.79 Å². The van der Waals surface area contributed by atoms with Crippen LogP contribution in [0.4, 0.5) is 0 Å². The van der Waals surface area contributed by atoms with E-state index in [0.29, 0.717) is 24.5 Å². The average Bonchev–Trinajstić information content (AvgIpc) is 2.37. The molecule has 1 atom stereocenters. The van der Waals surface area contributed by atoms with Gasteiger partial charge in [0.1, 0.15) is 11.5 Å². The Morgan fingerprint density at radius 1 is 1.33 bits per heavy atom. The van der Waals surface area contributed by atoms with Crippen molar-refractivity contribution in [2.75, 3.05) is 20.7 Å². The van der Waals surface area contributed by atoms with Crippen molar-refractivity contribution in [3.63, 3.8) is 0 Å². The number of carbonyl (C=O) groups excluding carboxylic acids is 1. The Morgan fingerprint density at radius 2 is 2.00 bits per heavy atom. The molecule has 100 valence electrons. The normalized spacial score (nSPS) is 12.2. The molecule has 0 fully saturated rings. The molecule has 0 spiro atoms. The summed E-state index contributed by atoms with van der Waals surface area (Å²) in [5.41, 5.74) is 1.25. The summed E-state index contributed by atoms with van der Waals surface area (Å²) in [6, 6.07) is 8.05. The summed E-state index contributed by atoms with van der Waals surface area (Å²) in [5, 5.41) is 3.00. The van der Waals surface area contributed by atoms with Gasteiger partial charge in [-0.3, -0.25) is 4.79 Å². The lowest BCUT2D eigenvalue weighted by Crippen LogP contribution is -2.15. The van der Waals surface area contributed by atoms with Crippen LogP contribution in [0.2, 0.25) is 0 Å². The maximum absolute atomic E-state index is 11.6. The van der Waals surface area contributed by atoms with Crippen molar-refractivity contribution in [2.24, 2.45) is 5.92 Å². The van der Waals surface area contributed by atoms with Gasteiger partial charge in [-0.15, -0.1) is 0 Å². The van der Waals surface area contributed by atoms with Gasteiger partial charge in [-0.25, -0.2) is 0 Å². The number of Topliss-reactive ketones (excluding diaryl/α,β-unsaturated/α-hetero) is 1. The molecular formula is C15H23NO2. The lowest BCUT2D eigenvalue weighted by molar-refractivity contribution is -0.119. The zero-order valence-electron chi connectivity index (χ0n) is 11.5. The van der Waals surface area contributed by atoms with Gasteiger partial charge in [0.05, 0.1) is 7.11 Å². The van der Waals surface area contributed by atoms with Gasteiger partial charge in [-0.05, 0) is 37.1 Å². The van der Waals surface area contributed by atoms with Crippen LogP contribution in [0, 0.1) is 5.92 Å². The van der Waals surface area contributed by atoms with Crippen LogP contribution >= 0.6 is 0 Å². The summed E-state index contributed by atoms with van der Waals surface area (Å²) >= 11 is 0. The van der Waals surface area contributed by atoms with Gasteiger partial charge in [0.25, 0.3) is 0 Å². The number of hydrogen-bond donors (Lipinski definition) is 1. The second-order valence-electron chi connectivity index (χ2n) is 4.75. The van der Waals surface area contributed by atoms with Crippen molar-refractivity contribution in [3.8, 4) is 5.75 Å². The number of carbonyl (C=O) groups is 1. The first-order valence-electron chi connectivity index (χ1n) is 6.45. The maximum atomic E-state index is 11.6. The van der Waals surface area contributed by atoms with Crippen LogP contribution in [0.25, 0.3) is 0 Å². The van der Waals surface area contributed by atoms with Crippen molar-refractivity contribution in [1.29, 1.82) is 0 Å². The molecule has 0 aliphatic carbocycles. The van der Waals surface area contributed by atoms with Crippen molar-refractivity contribution >= 4 is 5.78 Å². The van der Waals surface area contributed by atoms with E-state index >= 15 is 0 Å². The van der Waals surface area contributed by atoms with Gasteiger partial charge >= 0.3 is 0 Å². The molecule has 0 bridgehead atoms. The highest BCUT2D eigenvalue weighted by atomic mass is 16.5. The SMILES string of the molecule is CNCCC(=O)CC(C)Cc1ccc(OC)cc1. The molecule has 0 amide bonds. The monoisotopic (exact) mass is 249 g/mol. The molecule has 1 rings (SSSR count). The number of hydrogen-bond acceptors (Lipinski definition) is 3. The van der Waals surface area contributed by atoms with Crippen molar-refractivity contribution in [3.05, 3.63) is 29.8 Å². The molecular weight excluding hydrogens is 226 g/mol. The minimum Gasteiger partial charge on any atom is -0.497 e. The zero-order chi connectivity index (χ0) is 13.4. The maximum Gasteiger partial charge on any atom is 0.134 e. The van der Waals surface area contributed by atoms with Crippen LogP contribution < -0.4 is 10.1 Å². The smallest absolute Gasteiger partial charge is 0.134 e. The predicted octanol–water partition coefficient (Wildman–Crippen LogP) is 2.44. The van der Waals surface area contributed by atoms with Gasteiger partial charge < -0.3 is 10.1 Å². The zero-order valence-corrected chi connectivity index (χ0v) is 11.5. The molecule has 1 aromatic rings. The van der Waals surface area contributed by atoms with Gasteiger partial charge in [-0.1, -0.05) is 19.1 Å². The molecule has 1 aromatic carbocycles. The third kappa shape index (κ3) is 5.32. The molecule has 1 unspecified atom stereocenters. The molecule has 0 radical (unpaired) electrons. The number of ether oxygens (including phenoxy) is 1. The number of nitrogens with one attached hydrogen (secondary N) is 1. The Hall–Kier alpha value is -1.35. The Balaban J connectivity index is 2.38. The van der Waals surface area contributed by atoms with Crippen LogP contribution in [0.3, 0.4) is 0 Å². The van der Waals surface area contributed by atoms with Crippen molar-refractivity contribution in [2.45, 2.75) is 26.2 Å². The number of rotatable bonds is 8. The number of benzene rings is 1. The number of ketones is 1. The van der Waals surface area contributed by atoms with Crippen LogP contribution in [0.15, 0.2) is 24.3 Å². The standard InChI is InChI=1S/C15H23NO2/c1-12(11-14(17)8-9-16-2)10-13-4-6-15(18-3)7-5-13/h4-7,12,16H,8-11H2,1-3H3. The van der Waals surface area contributed by atoms with E-state index in [1.54, 1.807) is 7.11 Å². The molecule has 0 saturated heterocycles. The molecule has 18 heavy (non-hydrogen) atoms. The van der Waals surface area contributed by atoms with E-state index in [1.165, 1.54) is 5.56 Å². The number of methoxy groups -OCH3 is 1. The molecule has 3 nitrogen and oxygen atoms in total. The molecule has 1 N–H and O–H groups in total. The van der Waals surface area contributed by atoms with Crippen molar-refractivity contribution < 1.29 is 9.53 Å². The van der Waals surface area contributed by atoms with E-state index < -0.39 is 0 Å². The quantitative estimate of drug-likeness (QED) is 0.769. The van der Waals surface area contributed by atoms with E-state index in [-0.39, 0.29) is 0 Å². The van der Waals surface area contributed by atoms with E-state index in [1.807, 2.05) is 19.2 Å². The van der Waals surface area contributed by atoms with Crippen LogP contribution in [0.1, 0.15) is 25.3 Å². The fourth-order valence-electron chi connectivity index (χ4n) is 1.99. The summed E-state index contributed by atoms with van der Waals surface area (Å²) in [4.78, 5) is 11.6. The third-order valence-electron chi connectivity index (χ3n) is 2.97. The molecule has 3 heteroatoms. The fourth-order valence-corrected chi connectivity index (χ4v) is 1.99. The summed E-state index contributed by atoms with van der Waals surface area (Å²) in [6.07, 6.45) is 2.23. The van der Waals surface area contributed by atoms with Crippen LogP contribution in [-0.2, 0) is 11.2 Å². The Labute approximate surface area is 110 Å². The molecule has 0 saturated carbocycles.